The summed E-state index contributed by atoms with van der Waals surface area (Å²) in [6.07, 6.45) is 0. The number of benzene rings is 3. The Bertz CT molecular complexity index is 1160. The van der Waals surface area contributed by atoms with Crippen molar-refractivity contribution in [3.05, 3.63) is 64.7 Å². The zero-order valence-corrected chi connectivity index (χ0v) is 13.8. The predicted molar refractivity (Wildman–Crippen MR) is 92.7 cm³/mol. The minimum atomic E-state index is -4.77. The number of non-ortho nitro benzene ring substituents is 1. The zero-order chi connectivity index (χ0) is 18.9. The van der Waals surface area contributed by atoms with Gasteiger partial charge in [-0.05, 0) is 17.5 Å². The first-order valence-electron chi connectivity index (χ1n) is 7.16. The van der Waals surface area contributed by atoms with E-state index in [4.69, 9.17) is 0 Å². The van der Waals surface area contributed by atoms with Gasteiger partial charge in [-0.2, -0.15) is 8.42 Å². The largest absolute Gasteiger partial charge is 0.506 e. The second kappa shape index (κ2) is 6.50. The topological polar surface area (TPSA) is 142 Å². The van der Waals surface area contributed by atoms with Crippen LogP contribution in [0.25, 0.3) is 10.8 Å². The van der Waals surface area contributed by atoms with Gasteiger partial charge in [0.25, 0.3) is 15.8 Å². The molecule has 132 valence electrons. The van der Waals surface area contributed by atoms with E-state index in [9.17, 15) is 28.2 Å². The highest BCUT2D eigenvalue weighted by Crippen LogP contribution is 2.37. The number of phenols is 1. The van der Waals surface area contributed by atoms with E-state index in [1.807, 2.05) is 0 Å². The van der Waals surface area contributed by atoms with Crippen LogP contribution in [0.5, 0.6) is 5.75 Å². The fourth-order valence-electron chi connectivity index (χ4n) is 2.36. The predicted octanol–water partition coefficient (Wildman–Crippen LogP) is 4.12. The molecule has 0 atom stereocenters. The second-order valence-corrected chi connectivity index (χ2v) is 6.63. The number of aromatic hydroxyl groups is 1. The quantitative estimate of drug-likeness (QED) is 0.305. The normalized spacial score (nSPS) is 11.9. The number of phenolic OH excluding ortho intramolecular Hbond substituents is 1. The van der Waals surface area contributed by atoms with Gasteiger partial charge in [0.15, 0.2) is 0 Å². The Morgan fingerprint density at radius 2 is 1.73 bits per heavy atom. The third-order valence-electron chi connectivity index (χ3n) is 3.57. The molecule has 3 aromatic rings. The molecule has 0 aromatic heterocycles. The fraction of sp³-hybridized carbons (Fsp3) is 0. The number of nitrogens with zero attached hydrogens (tertiary/aromatic N) is 3. The van der Waals surface area contributed by atoms with Crippen LogP contribution in [0.4, 0.5) is 17.1 Å². The summed E-state index contributed by atoms with van der Waals surface area (Å²) < 4.78 is 32.3. The van der Waals surface area contributed by atoms with Gasteiger partial charge < -0.3 is 5.11 Å². The molecule has 0 saturated carbocycles. The molecule has 0 saturated heterocycles. The van der Waals surface area contributed by atoms with E-state index < -0.39 is 25.6 Å². The van der Waals surface area contributed by atoms with Crippen LogP contribution in [-0.2, 0) is 10.1 Å². The Morgan fingerprint density at radius 1 is 1.00 bits per heavy atom. The van der Waals surface area contributed by atoms with Crippen molar-refractivity contribution in [2.24, 2.45) is 10.2 Å². The third-order valence-corrected chi connectivity index (χ3v) is 4.45. The maximum absolute atomic E-state index is 11.5. The lowest BCUT2D eigenvalue weighted by molar-refractivity contribution is -0.385. The Hall–Kier alpha value is -3.37. The highest BCUT2D eigenvalue weighted by Gasteiger charge is 2.20. The SMILES string of the molecule is O=[N+]([O-])c1ccc(N=Nc2c(O)ccc3ccccc23)c(S(=O)(=O)O)c1. The average Bonchev–Trinajstić information content (AvgIpc) is 2.60. The summed E-state index contributed by atoms with van der Waals surface area (Å²) in [4.78, 5) is 9.25. The van der Waals surface area contributed by atoms with E-state index in [-0.39, 0.29) is 17.1 Å². The van der Waals surface area contributed by atoms with E-state index in [1.165, 1.54) is 6.07 Å². The molecule has 3 aromatic carbocycles. The molecule has 0 aliphatic carbocycles. The second-order valence-electron chi connectivity index (χ2n) is 5.24. The maximum atomic E-state index is 11.5. The molecule has 0 aliphatic heterocycles. The van der Waals surface area contributed by atoms with Crippen molar-refractivity contribution in [1.29, 1.82) is 0 Å². The summed E-state index contributed by atoms with van der Waals surface area (Å²) in [7, 11) is -4.77. The maximum Gasteiger partial charge on any atom is 0.297 e. The Labute approximate surface area is 147 Å². The van der Waals surface area contributed by atoms with Crippen LogP contribution in [0.2, 0.25) is 0 Å². The lowest BCUT2D eigenvalue weighted by Gasteiger charge is -2.05. The molecule has 0 fully saturated rings. The van der Waals surface area contributed by atoms with Crippen molar-refractivity contribution in [3.63, 3.8) is 0 Å². The summed E-state index contributed by atoms with van der Waals surface area (Å²) >= 11 is 0. The van der Waals surface area contributed by atoms with Crippen LogP contribution in [0.3, 0.4) is 0 Å². The van der Waals surface area contributed by atoms with Gasteiger partial charge in [-0.3, -0.25) is 14.7 Å². The summed E-state index contributed by atoms with van der Waals surface area (Å²) in [5.41, 5.74) is -0.724. The molecule has 0 amide bonds. The minimum Gasteiger partial charge on any atom is -0.506 e. The summed E-state index contributed by atoms with van der Waals surface area (Å²) in [6, 6.07) is 12.9. The molecule has 0 heterocycles. The molecule has 2 N–H and O–H groups in total. The van der Waals surface area contributed by atoms with Crippen molar-refractivity contribution in [2.45, 2.75) is 4.90 Å². The van der Waals surface area contributed by atoms with Gasteiger partial charge in [-0.1, -0.05) is 30.3 Å². The number of fused-ring (bicyclic) bond motifs is 1. The van der Waals surface area contributed by atoms with Crippen LogP contribution in [0.15, 0.2) is 69.7 Å². The molecule has 3 rings (SSSR count). The molecule has 26 heavy (non-hydrogen) atoms. The van der Waals surface area contributed by atoms with E-state index >= 15 is 0 Å². The number of rotatable bonds is 4. The van der Waals surface area contributed by atoms with Crippen molar-refractivity contribution in [2.75, 3.05) is 0 Å². The number of nitro benzene ring substituents is 1. The standard InChI is InChI=1S/C16H11N3O6S/c20-14-8-5-10-3-1-2-4-12(10)16(14)18-17-13-7-6-11(19(21)22)9-15(13)26(23,24)25/h1-9,20H,(H,23,24,25). The fourth-order valence-corrected chi connectivity index (χ4v) is 3.00. The van der Waals surface area contributed by atoms with Gasteiger partial charge in [0, 0.05) is 17.5 Å². The van der Waals surface area contributed by atoms with Crippen molar-refractivity contribution in [1.82, 2.24) is 0 Å². The lowest BCUT2D eigenvalue weighted by Crippen LogP contribution is -2.00. The molecule has 0 spiro atoms. The first-order chi connectivity index (χ1) is 12.3. The first-order valence-corrected chi connectivity index (χ1v) is 8.60. The summed E-state index contributed by atoms with van der Waals surface area (Å²) in [6.45, 7) is 0. The number of hydrogen-bond donors (Lipinski definition) is 2. The molecule has 0 radical (unpaired) electrons. The minimum absolute atomic E-state index is 0.0998. The van der Waals surface area contributed by atoms with Crippen LogP contribution in [0.1, 0.15) is 0 Å². The summed E-state index contributed by atoms with van der Waals surface area (Å²) in [5.74, 6) is -0.178. The van der Waals surface area contributed by atoms with Crippen molar-refractivity contribution in [3.8, 4) is 5.75 Å². The lowest BCUT2D eigenvalue weighted by atomic mass is 10.1. The molecule has 0 aliphatic rings. The van der Waals surface area contributed by atoms with E-state index in [0.717, 1.165) is 17.5 Å². The van der Waals surface area contributed by atoms with Gasteiger partial charge in [0.05, 0.1) is 4.92 Å². The highest BCUT2D eigenvalue weighted by atomic mass is 32.2. The van der Waals surface area contributed by atoms with Gasteiger partial charge >= 0.3 is 0 Å². The monoisotopic (exact) mass is 373 g/mol. The molecular formula is C16H11N3O6S. The number of hydrogen-bond acceptors (Lipinski definition) is 7. The molecule has 10 heteroatoms. The molecule has 9 nitrogen and oxygen atoms in total. The van der Waals surface area contributed by atoms with Crippen LogP contribution in [0, 0.1) is 10.1 Å². The summed E-state index contributed by atoms with van der Waals surface area (Å²) in [5, 5.41) is 29.8. The van der Waals surface area contributed by atoms with Gasteiger partial charge in [0.2, 0.25) is 0 Å². The van der Waals surface area contributed by atoms with Gasteiger partial charge in [0.1, 0.15) is 22.0 Å². The van der Waals surface area contributed by atoms with Crippen molar-refractivity contribution >= 4 is 38.0 Å². The van der Waals surface area contributed by atoms with E-state index in [2.05, 4.69) is 10.2 Å². The zero-order valence-electron chi connectivity index (χ0n) is 13.0. The third kappa shape index (κ3) is 3.36. The number of azo groups is 1. The first kappa shape index (κ1) is 17.5. The Morgan fingerprint density at radius 3 is 2.42 bits per heavy atom. The number of nitro groups is 1. The van der Waals surface area contributed by atoms with Crippen LogP contribution >= 0.6 is 0 Å². The van der Waals surface area contributed by atoms with Crippen LogP contribution in [-0.4, -0.2) is 23.0 Å². The average molecular weight is 373 g/mol. The molecular weight excluding hydrogens is 362 g/mol. The molecule has 0 bridgehead atoms. The van der Waals surface area contributed by atoms with Crippen molar-refractivity contribution < 1.29 is 23.0 Å². The van der Waals surface area contributed by atoms with Crippen LogP contribution < -0.4 is 0 Å². The molecule has 0 unspecified atom stereocenters. The van der Waals surface area contributed by atoms with E-state index in [0.29, 0.717) is 11.5 Å². The highest BCUT2D eigenvalue weighted by molar-refractivity contribution is 7.86. The van der Waals surface area contributed by atoms with Gasteiger partial charge in [-0.15, -0.1) is 10.2 Å². The van der Waals surface area contributed by atoms with Gasteiger partial charge in [-0.25, -0.2) is 0 Å². The Kier molecular flexibility index (Phi) is 4.36. The smallest absolute Gasteiger partial charge is 0.297 e. The van der Waals surface area contributed by atoms with E-state index in [1.54, 1.807) is 30.3 Å². The Balaban J connectivity index is 2.16.